The lowest BCUT2D eigenvalue weighted by Crippen LogP contribution is -2.46. The van der Waals surface area contributed by atoms with Gasteiger partial charge >= 0.3 is 0 Å². The van der Waals surface area contributed by atoms with Crippen LogP contribution in [0.4, 0.5) is 0 Å². The van der Waals surface area contributed by atoms with Crippen LogP contribution >= 0.6 is 24.0 Å². The number of nitrogens with zero attached hydrogens (tertiary/aromatic N) is 2. The lowest BCUT2D eigenvalue weighted by molar-refractivity contribution is -0.135. The van der Waals surface area contributed by atoms with Gasteiger partial charge < -0.3 is 20.9 Å². The van der Waals surface area contributed by atoms with E-state index >= 15 is 0 Å². The van der Waals surface area contributed by atoms with E-state index in [9.17, 15) is 9.59 Å². The van der Waals surface area contributed by atoms with Crippen LogP contribution in [-0.4, -0.2) is 61.4 Å². The summed E-state index contributed by atoms with van der Waals surface area (Å²) in [6, 6.07) is 0.194. The maximum absolute atomic E-state index is 12.7. The van der Waals surface area contributed by atoms with Gasteiger partial charge in [-0.1, -0.05) is 26.2 Å². The Bertz CT molecular complexity index is 494. The van der Waals surface area contributed by atoms with Gasteiger partial charge in [-0.25, -0.2) is 4.99 Å². The number of carbonyl (C=O) groups excluding carboxylic acids is 2. The lowest BCUT2D eigenvalue weighted by atomic mass is 9.88. The Labute approximate surface area is 180 Å². The van der Waals surface area contributed by atoms with Gasteiger partial charge in [0.05, 0.1) is 0 Å². The predicted octanol–water partition coefficient (Wildman–Crippen LogP) is 1.87. The Balaban J connectivity index is 0.00000364. The zero-order chi connectivity index (χ0) is 18.8. The number of hydrogen-bond acceptors (Lipinski definition) is 3. The van der Waals surface area contributed by atoms with Crippen molar-refractivity contribution >= 4 is 41.8 Å². The van der Waals surface area contributed by atoms with E-state index in [1.54, 1.807) is 0 Å². The molecule has 1 aliphatic heterocycles. The molecule has 1 saturated carbocycles. The van der Waals surface area contributed by atoms with Gasteiger partial charge in [0.1, 0.15) is 6.54 Å². The second kappa shape index (κ2) is 13.2. The SMILES string of the molecule is CCCNC(=O)CN=C(NCC)NC1CCN(C(=O)C2CCCCC2)C1.I. The van der Waals surface area contributed by atoms with E-state index in [4.69, 9.17) is 0 Å². The van der Waals surface area contributed by atoms with Gasteiger partial charge in [-0.05, 0) is 32.6 Å². The van der Waals surface area contributed by atoms with E-state index in [2.05, 4.69) is 20.9 Å². The highest BCUT2D eigenvalue weighted by molar-refractivity contribution is 14.0. The smallest absolute Gasteiger partial charge is 0.241 e. The minimum absolute atomic E-state index is 0. The third kappa shape index (κ3) is 8.23. The van der Waals surface area contributed by atoms with Crippen LogP contribution in [0.2, 0.25) is 0 Å². The third-order valence-corrected chi connectivity index (χ3v) is 5.09. The average molecular weight is 493 g/mol. The van der Waals surface area contributed by atoms with Gasteiger partial charge in [-0.3, -0.25) is 9.59 Å². The van der Waals surface area contributed by atoms with Crippen LogP contribution in [0.25, 0.3) is 0 Å². The summed E-state index contributed by atoms with van der Waals surface area (Å²) < 4.78 is 0. The number of rotatable bonds is 7. The van der Waals surface area contributed by atoms with E-state index in [1.807, 2.05) is 18.7 Å². The summed E-state index contributed by atoms with van der Waals surface area (Å²) in [5.74, 6) is 1.14. The summed E-state index contributed by atoms with van der Waals surface area (Å²) in [6.07, 6.45) is 7.56. The minimum atomic E-state index is -0.0652. The number of aliphatic imine (C=N–C) groups is 1. The fourth-order valence-corrected chi connectivity index (χ4v) is 3.67. The van der Waals surface area contributed by atoms with Gasteiger partial charge in [-0.15, -0.1) is 24.0 Å². The summed E-state index contributed by atoms with van der Waals surface area (Å²) >= 11 is 0. The molecule has 2 amide bonds. The number of guanidine groups is 1. The monoisotopic (exact) mass is 493 g/mol. The molecule has 1 aliphatic carbocycles. The van der Waals surface area contributed by atoms with Crippen LogP contribution in [0, 0.1) is 5.92 Å². The van der Waals surface area contributed by atoms with E-state index in [0.717, 1.165) is 45.3 Å². The fourth-order valence-electron chi connectivity index (χ4n) is 3.67. The Kier molecular flexibility index (Phi) is 11.7. The molecule has 0 bridgehead atoms. The molecular formula is C19H36IN5O2. The standard InChI is InChI=1S/C19H35N5O2.HI/c1-3-11-21-17(25)13-22-19(20-4-2)23-16-10-12-24(14-16)18(26)15-8-6-5-7-9-15;/h15-16H,3-14H2,1-2H3,(H,21,25)(H2,20,22,23);1H. The Morgan fingerprint density at radius 1 is 1.07 bits per heavy atom. The highest BCUT2D eigenvalue weighted by Gasteiger charge is 2.31. The van der Waals surface area contributed by atoms with Crippen LogP contribution in [0.1, 0.15) is 58.8 Å². The normalized spacial score (nSPS) is 20.7. The van der Waals surface area contributed by atoms with Crippen LogP contribution in [0.5, 0.6) is 0 Å². The molecule has 2 rings (SSSR count). The Morgan fingerprint density at radius 3 is 2.48 bits per heavy atom. The van der Waals surface area contributed by atoms with Crippen molar-refractivity contribution in [3.05, 3.63) is 0 Å². The quantitative estimate of drug-likeness (QED) is 0.287. The van der Waals surface area contributed by atoms with Crippen molar-refractivity contribution < 1.29 is 9.59 Å². The van der Waals surface area contributed by atoms with Crippen molar-refractivity contribution in [2.24, 2.45) is 10.9 Å². The van der Waals surface area contributed by atoms with Crippen molar-refractivity contribution in [1.82, 2.24) is 20.9 Å². The molecule has 8 heteroatoms. The largest absolute Gasteiger partial charge is 0.357 e. The van der Waals surface area contributed by atoms with Crippen molar-refractivity contribution in [1.29, 1.82) is 0 Å². The van der Waals surface area contributed by atoms with Crippen molar-refractivity contribution in [2.75, 3.05) is 32.7 Å². The number of likely N-dealkylation sites (tertiary alicyclic amines) is 1. The molecule has 0 aromatic heterocycles. The third-order valence-electron chi connectivity index (χ3n) is 5.09. The number of hydrogen-bond donors (Lipinski definition) is 3. The first-order chi connectivity index (χ1) is 12.6. The van der Waals surface area contributed by atoms with E-state index < -0.39 is 0 Å². The summed E-state index contributed by atoms with van der Waals surface area (Å²) in [5.41, 5.74) is 0. The fraction of sp³-hybridized carbons (Fsp3) is 0.842. The second-order valence-corrected chi connectivity index (χ2v) is 7.29. The molecule has 1 heterocycles. The molecule has 0 radical (unpaired) electrons. The van der Waals surface area contributed by atoms with E-state index in [-0.39, 0.29) is 48.4 Å². The number of halogens is 1. The van der Waals surface area contributed by atoms with E-state index in [0.29, 0.717) is 18.4 Å². The molecule has 27 heavy (non-hydrogen) atoms. The summed E-state index contributed by atoms with van der Waals surface area (Å²) in [7, 11) is 0. The Morgan fingerprint density at radius 2 is 1.81 bits per heavy atom. The molecule has 1 saturated heterocycles. The molecule has 0 spiro atoms. The molecule has 0 aromatic carbocycles. The van der Waals surface area contributed by atoms with Crippen molar-refractivity contribution in [3.63, 3.8) is 0 Å². The van der Waals surface area contributed by atoms with Gasteiger partial charge in [0.2, 0.25) is 11.8 Å². The van der Waals surface area contributed by atoms with Crippen molar-refractivity contribution in [3.8, 4) is 0 Å². The van der Waals surface area contributed by atoms with E-state index in [1.165, 1.54) is 19.3 Å². The second-order valence-electron chi connectivity index (χ2n) is 7.29. The molecule has 2 aliphatic rings. The van der Waals surface area contributed by atoms with Crippen LogP contribution in [0.3, 0.4) is 0 Å². The molecule has 1 unspecified atom stereocenters. The summed E-state index contributed by atoms with van der Waals surface area (Å²) in [6.45, 7) is 7.09. The molecule has 1 atom stereocenters. The maximum Gasteiger partial charge on any atom is 0.241 e. The number of nitrogens with one attached hydrogen (secondary N) is 3. The molecule has 156 valence electrons. The zero-order valence-electron chi connectivity index (χ0n) is 16.8. The molecule has 3 N–H and O–H groups in total. The lowest BCUT2D eigenvalue weighted by Gasteiger charge is -2.26. The highest BCUT2D eigenvalue weighted by atomic mass is 127. The number of carbonyl (C=O) groups is 2. The zero-order valence-corrected chi connectivity index (χ0v) is 19.1. The first kappa shape index (κ1) is 24.0. The maximum atomic E-state index is 12.7. The molecule has 0 aromatic rings. The van der Waals surface area contributed by atoms with Crippen LogP contribution < -0.4 is 16.0 Å². The first-order valence-electron chi connectivity index (χ1n) is 10.2. The van der Waals surface area contributed by atoms with Crippen LogP contribution in [-0.2, 0) is 9.59 Å². The highest BCUT2D eigenvalue weighted by Crippen LogP contribution is 2.26. The molecular weight excluding hydrogens is 457 g/mol. The average Bonchev–Trinajstić information content (AvgIpc) is 3.13. The van der Waals surface area contributed by atoms with Crippen LogP contribution in [0.15, 0.2) is 4.99 Å². The van der Waals surface area contributed by atoms with Gasteiger partial charge in [0, 0.05) is 38.1 Å². The summed E-state index contributed by atoms with van der Waals surface area (Å²) in [4.78, 5) is 30.8. The topological polar surface area (TPSA) is 85.8 Å². The summed E-state index contributed by atoms with van der Waals surface area (Å²) in [5, 5.41) is 9.39. The molecule has 7 nitrogen and oxygen atoms in total. The Hall–Kier alpha value is -1.06. The van der Waals surface area contributed by atoms with Gasteiger partial charge in [0.25, 0.3) is 0 Å². The van der Waals surface area contributed by atoms with Crippen molar-refractivity contribution in [2.45, 2.75) is 64.8 Å². The predicted molar refractivity (Wildman–Crippen MR) is 119 cm³/mol. The van der Waals surface area contributed by atoms with Gasteiger partial charge in [0.15, 0.2) is 5.96 Å². The minimum Gasteiger partial charge on any atom is -0.357 e. The van der Waals surface area contributed by atoms with Gasteiger partial charge in [-0.2, -0.15) is 0 Å². The first-order valence-corrected chi connectivity index (χ1v) is 10.2. The molecule has 2 fully saturated rings. The number of amides is 2.